The molecule has 5 heteroatoms. The molecule has 5 nitrogen and oxygen atoms in total. The summed E-state index contributed by atoms with van der Waals surface area (Å²) in [4.78, 5) is 24.3. The van der Waals surface area contributed by atoms with Gasteiger partial charge in [0.15, 0.2) is 6.10 Å². The van der Waals surface area contributed by atoms with Crippen molar-refractivity contribution >= 4 is 11.9 Å². The van der Waals surface area contributed by atoms with E-state index in [1.807, 2.05) is 0 Å². The molecule has 0 aliphatic heterocycles. The van der Waals surface area contributed by atoms with Crippen molar-refractivity contribution in [3.8, 4) is 0 Å². The molecule has 0 fully saturated rings. The molecular weight excluding hydrogens is 633 g/mol. The van der Waals surface area contributed by atoms with Gasteiger partial charge in [0.25, 0.3) is 0 Å². The molecule has 298 valence electrons. The highest BCUT2D eigenvalue weighted by molar-refractivity contribution is 5.70. The average Bonchev–Trinajstić information content (AvgIpc) is 3.13. The number of esters is 2. The van der Waals surface area contributed by atoms with Crippen molar-refractivity contribution in [2.45, 2.75) is 232 Å². The van der Waals surface area contributed by atoms with Crippen LogP contribution in [0.2, 0.25) is 0 Å². The van der Waals surface area contributed by atoms with Crippen LogP contribution in [0.5, 0.6) is 0 Å². The van der Waals surface area contributed by atoms with Crippen LogP contribution in [0.15, 0.2) is 36.5 Å². The first-order valence-electron chi connectivity index (χ1n) is 22.0. The maximum Gasteiger partial charge on any atom is 0.306 e. The fourth-order valence-electron chi connectivity index (χ4n) is 6.29. The van der Waals surface area contributed by atoms with Gasteiger partial charge in [0.1, 0.15) is 6.61 Å². The minimum Gasteiger partial charge on any atom is -0.462 e. The molecule has 0 aromatic rings. The Hall–Kier alpha value is -1.88. The highest BCUT2D eigenvalue weighted by atomic mass is 16.6. The normalized spacial score (nSPS) is 12.5. The van der Waals surface area contributed by atoms with Crippen molar-refractivity contribution in [3.63, 3.8) is 0 Å². The van der Waals surface area contributed by atoms with Gasteiger partial charge in [-0.1, -0.05) is 179 Å². The molecule has 0 radical (unpaired) electrons. The van der Waals surface area contributed by atoms with Gasteiger partial charge in [-0.25, -0.2) is 0 Å². The Balaban J connectivity index is 3.49. The Labute approximate surface area is 316 Å². The summed E-state index contributed by atoms with van der Waals surface area (Å²) in [5.41, 5.74) is 0. The van der Waals surface area contributed by atoms with Crippen molar-refractivity contribution in [3.05, 3.63) is 36.5 Å². The molecular formula is C46H84O5. The summed E-state index contributed by atoms with van der Waals surface area (Å²) in [5.74, 6) is -0.597. The molecule has 0 rings (SSSR count). The lowest BCUT2D eigenvalue weighted by molar-refractivity contribution is -0.161. The summed E-state index contributed by atoms with van der Waals surface area (Å²) in [6, 6.07) is 0. The zero-order valence-electron chi connectivity index (χ0n) is 33.9. The lowest BCUT2D eigenvalue weighted by atomic mass is 10.0. The molecule has 0 amide bonds. The number of unbranched alkanes of at least 4 members (excludes halogenated alkanes) is 26. The lowest BCUT2D eigenvalue weighted by Crippen LogP contribution is -2.28. The van der Waals surface area contributed by atoms with Gasteiger partial charge in [0.05, 0.1) is 6.61 Å². The van der Waals surface area contributed by atoms with Crippen LogP contribution in [0.3, 0.4) is 0 Å². The molecule has 0 spiro atoms. The molecule has 51 heavy (non-hydrogen) atoms. The standard InChI is InChI=1S/C46H84O5/c1-3-5-7-9-11-13-15-17-18-19-20-21-22-23-24-25-26-27-28-29-31-33-35-37-39-41-46(49)51-44(42-47)43-50-45(48)40-38-36-34-32-30-16-14-12-10-8-6-4-2/h12,14-15,17,19-20,44,47H,3-11,13,16,18,21-43H2,1-2H3/b14-12-,17-15-,20-19-. The van der Waals surface area contributed by atoms with Gasteiger partial charge in [-0.2, -0.15) is 0 Å². The summed E-state index contributed by atoms with van der Waals surface area (Å²) in [6.07, 6.45) is 52.2. The van der Waals surface area contributed by atoms with Gasteiger partial charge in [-0.05, 0) is 70.6 Å². The minimum absolute atomic E-state index is 0.0685. The van der Waals surface area contributed by atoms with E-state index in [1.54, 1.807) is 0 Å². The number of rotatable bonds is 40. The smallest absolute Gasteiger partial charge is 0.306 e. The first-order chi connectivity index (χ1) is 25.1. The largest absolute Gasteiger partial charge is 0.462 e. The van der Waals surface area contributed by atoms with Crippen LogP contribution in [0, 0.1) is 0 Å². The van der Waals surface area contributed by atoms with E-state index in [0.29, 0.717) is 12.8 Å². The molecule has 1 unspecified atom stereocenters. The first kappa shape index (κ1) is 49.1. The fourth-order valence-corrected chi connectivity index (χ4v) is 6.29. The number of ether oxygens (including phenoxy) is 2. The van der Waals surface area contributed by atoms with Gasteiger partial charge in [0.2, 0.25) is 0 Å². The number of allylic oxidation sites excluding steroid dienone is 6. The SMILES string of the molecule is CCCCC/C=C\CCCCCCCC(=O)OCC(CO)OC(=O)CCCCCCCCCCCCCCC/C=C\C/C=C\CCCCCCC. The number of aliphatic hydroxyl groups is 1. The monoisotopic (exact) mass is 717 g/mol. The van der Waals surface area contributed by atoms with Crippen LogP contribution in [-0.2, 0) is 19.1 Å². The second-order valence-electron chi connectivity index (χ2n) is 14.8. The zero-order valence-corrected chi connectivity index (χ0v) is 33.9. The predicted octanol–water partition coefficient (Wildman–Crippen LogP) is 14.0. The third-order valence-electron chi connectivity index (χ3n) is 9.66. The average molecular weight is 717 g/mol. The van der Waals surface area contributed by atoms with Gasteiger partial charge in [-0.15, -0.1) is 0 Å². The Morgan fingerprint density at radius 1 is 0.451 bits per heavy atom. The fraction of sp³-hybridized carbons (Fsp3) is 0.826. The maximum absolute atomic E-state index is 12.2. The Kier molecular flexibility index (Phi) is 41.0. The lowest BCUT2D eigenvalue weighted by Gasteiger charge is -2.15. The summed E-state index contributed by atoms with van der Waals surface area (Å²) < 4.78 is 10.6. The van der Waals surface area contributed by atoms with Crippen molar-refractivity contribution in [1.82, 2.24) is 0 Å². The third-order valence-corrected chi connectivity index (χ3v) is 9.66. The highest BCUT2D eigenvalue weighted by Crippen LogP contribution is 2.15. The van der Waals surface area contributed by atoms with Crippen LogP contribution < -0.4 is 0 Å². The molecule has 0 aromatic carbocycles. The minimum atomic E-state index is -0.772. The van der Waals surface area contributed by atoms with E-state index in [-0.39, 0.29) is 25.2 Å². The van der Waals surface area contributed by atoms with Crippen LogP contribution in [0.1, 0.15) is 226 Å². The van der Waals surface area contributed by atoms with E-state index in [2.05, 4.69) is 50.3 Å². The summed E-state index contributed by atoms with van der Waals surface area (Å²) in [7, 11) is 0. The van der Waals surface area contributed by atoms with Crippen LogP contribution in [0.4, 0.5) is 0 Å². The Morgan fingerprint density at radius 2 is 0.784 bits per heavy atom. The molecule has 0 aromatic heterocycles. The van der Waals surface area contributed by atoms with Crippen molar-refractivity contribution in [2.24, 2.45) is 0 Å². The van der Waals surface area contributed by atoms with Crippen LogP contribution in [0.25, 0.3) is 0 Å². The molecule has 1 N–H and O–H groups in total. The topological polar surface area (TPSA) is 72.8 Å². The van der Waals surface area contributed by atoms with Crippen molar-refractivity contribution in [2.75, 3.05) is 13.2 Å². The van der Waals surface area contributed by atoms with Crippen molar-refractivity contribution < 1.29 is 24.2 Å². The summed E-state index contributed by atoms with van der Waals surface area (Å²) in [5, 5.41) is 9.57. The first-order valence-corrected chi connectivity index (χ1v) is 22.0. The van der Waals surface area contributed by atoms with Crippen LogP contribution >= 0.6 is 0 Å². The molecule has 0 saturated carbocycles. The Morgan fingerprint density at radius 3 is 1.22 bits per heavy atom. The van der Waals surface area contributed by atoms with Gasteiger partial charge < -0.3 is 14.6 Å². The molecule has 0 aliphatic carbocycles. The van der Waals surface area contributed by atoms with E-state index >= 15 is 0 Å². The van der Waals surface area contributed by atoms with Gasteiger partial charge >= 0.3 is 11.9 Å². The molecule has 0 heterocycles. The number of carbonyl (C=O) groups excluding carboxylic acids is 2. The number of hydrogen-bond acceptors (Lipinski definition) is 5. The molecule has 1 atom stereocenters. The van der Waals surface area contributed by atoms with E-state index < -0.39 is 6.10 Å². The summed E-state index contributed by atoms with van der Waals surface area (Å²) >= 11 is 0. The predicted molar refractivity (Wildman–Crippen MR) is 219 cm³/mol. The second kappa shape index (κ2) is 42.5. The number of hydrogen-bond donors (Lipinski definition) is 1. The van der Waals surface area contributed by atoms with E-state index in [0.717, 1.165) is 51.4 Å². The third kappa shape index (κ3) is 40.7. The highest BCUT2D eigenvalue weighted by Gasteiger charge is 2.16. The Bertz CT molecular complexity index is 816. The molecule has 0 saturated heterocycles. The second-order valence-corrected chi connectivity index (χ2v) is 14.8. The number of aliphatic hydroxyl groups excluding tert-OH is 1. The quantitative estimate of drug-likeness (QED) is 0.0388. The molecule has 0 aliphatic rings. The molecule has 0 bridgehead atoms. The van der Waals surface area contributed by atoms with Gasteiger partial charge in [-0.3, -0.25) is 9.59 Å². The van der Waals surface area contributed by atoms with E-state index in [9.17, 15) is 14.7 Å². The summed E-state index contributed by atoms with van der Waals surface area (Å²) in [6.45, 7) is 4.10. The van der Waals surface area contributed by atoms with Crippen LogP contribution in [-0.4, -0.2) is 36.4 Å². The van der Waals surface area contributed by atoms with E-state index in [4.69, 9.17) is 9.47 Å². The van der Waals surface area contributed by atoms with E-state index in [1.165, 1.54) is 148 Å². The zero-order chi connectivity index (χ0) is 37.1. The number of carbonyl (C=O) groups is 2. The van der Waals surface area contributed by atoms with Gasteiger partial charge in [0, 0.05) is 12.8 Å². The maximum atomic E-state index is 12.2. The van der Waals surface area contributed by atoms with Crippen molar-refractivity contribution in [1.29, 1.82) is 0 Å².